The van der Waals surface area contributed by atoms with Crippen LogP contribution < -0.4 is 5.32 Å². The first-order valence-corrected chi connectivity index (χ1v) is 6.87. The van der Waals surface area contributed by atoms with Gasteiger partial charge in [-0.25, -0.2) is 0 Å². The molecular formula is C14H17ClN2O. The molecule has 2 aliphatic rings. The maximum Gasteiger partial charge on any atom is 0.251 e. The first kappa shape index (κ1) is 12.0. The number of nitrogens with zero attached hydrogens (tertiary/aromatic N) is 1. The molecule has 1 aromatic rings. The molecule has 1 amide bonds. The number of amides is 1. The first-order valence-electron chi connectivity index (χ1n) is 6.49. The molecule has 0 radical (unpaired) electrons. The summed E-state index contributed by atoms with van der Waals surface area (Å²) in [5.41, 5.74) is 0.687. The lowest BCUT2D eigenvalue weighted by molar-refractivity contribution is 0.0909. The fourth-order valence-electron chi connectivity index (χ4n) is 3.03. The van der Waals surface area contributed by atoms with Gasteiger partial charge in [-0.15, -0.1) is 0 Å². The van der Waals surface area contributed by atoms with Crippen molar-refractivity contribution in [1.82, 2.24) is 10.2 Å². The summed E-state index contributed by atoms with van der Waals surface area (Å²) in [6.45, 7) is 3.40. The monoisotopic (exact) mass is 264 g/mol. The molecule has 3 nitrogen and oxygen atoms in total. The zero-order valence-corrected chi connectivity index (χ0v) is 11.0. The standard InChI is InChI=1S/C14H17ClN2O/c15-12-3-1-11(2-4-12)14(18)16-13-7-10-5-6-17(8-10)9-13/h1-4,10,13H,5-9H2,(H,16,18)/t10-,13+/m1/s1. The fourth-order valence-corrected chi connectivity index (χ4v) is 3.16. The number of carbonyl (C=O) groups is 1. The number of hydrogen-bond acceptors (Lipinski definition) is 2. The fraction of sp³-hybridized carbons (Fsp3) is 0.500. The number of benzene rings is 1. The van der Waals surface area contributed by atoms with E-state index in [-0.39, 0.29) is 5.91 Å². The van der Waals surface area contributed by atoms with E-state index in [0.717, 1.165) is 18.9 Å². The minimum atomic E-state index is 0.0131. The Morgan fingerprint density at radius 1 is 1.28 bits per heavy atom. The first-order chi connectivity index (χ1) is 8.70. The molecule has 2 bridgehead atoms. The van der Waals surface area contributed by atoms with Crippen LogP contribution in [-0.2, 0) is 0 Å². The molecule has 1 unspecified atom stereocenters. The van der Waals surface area contributed by atoms with Gasteiger partial charge in [0.05, 0.1) is 0 Å². The van der Waals surface area contributed by atoms with E-state index in [2.05, 4.69) is 10.2 Å². The van der Waals surface area contributed by atoms with Crippen molar-refractivity contribution in [2.75, 3.05) is 19.6 Å². The van der Waals surface area contributed by atoms with Crippen molar-refractivity contribution in [3.05, 3.63) is 34.9 Å². The SMILES string of the molecule is O=C(N[C@H]1C[C@H]2CCN(C2)C1)c1ccc(Cl)cc1. The third-order valence-corrected chi connectivity index (χ3v) is 4.16. The lowest BCUT2D eigenvalue weighted by Crippen LogP contribution is -2.46. The smallest absolute Gasteiger partial charge is 0.251 e. The van der Waals surface area contributed by atoms with E-state index in [1.54, 1.807) is 24.3 Å². The van der Waals surface area contributed by atoms with Gasteiger partial charge in [0.25, 0.3) is 5.91 Å². The summed E-state index contributed by atoms with van der Waals surface area (Å²) in [7, 11) is 0. The molecular weight excluding hydrogens is 248 g/mol. The van der Waals surface area contributed by atoms with Gasteiger partial charge in [-0.05, 0) is 49.6 Å². The molecule has 2 aliphatic heterocycles. The van der Waals surface area contributed by atoms with E-state index in [4.69, 9.17) is 11.6 Å². The number of hydrogen-bond donors (Lipinski definition) is 1. The highest BCUT2D eigenvalue weighted by molar-refractivity contribution is 6.30. The summed E-state index contributed by atoms with van der Waals surface area (Å²) < 4.78 is 0. The second kappa shape index (κ2) is 4.90. The number of halogens is 1. The average Bonchev–Trinajstić information content (AvgIpc) is 2.69. The number of rotatable bonds is 2. The molecule has 1 aromatic carbocycles. The molecule has 1 N–H and O–H groups in total. The second-order valence-corrected chi connectivity index (χ2v) is 5.76. The Balaban J connectivity index is 1.62. The molecule has 0 aromatic heterocycles. The predicted molar refractivity (Wildman–Crippen MR) is 71.9 cm³/mol. The number of carbonyl (C=O) groups excluding carboxylic acids is 1. The van der Waals surface area contributed by atoms with Crippen molar-refractivity contribution < 1.29 is 4.79 Å². The van der Waals surface area contributed by atoms with Crippen molar-refractivity contribution in [3.8, 4) is 0 Å². The summed E-state index contributed by atoms with van der Waals surface area (Å²) in [5, 5.41) is 3.79. The van der Waals surface area contributed by atoms with Crippen molar-refractivity contribution in [1.29, 1.82) is 0 Å². The van der Waals surface area contributed by atoms with Crippen molar-refractivity contribution in [2.24, 2.45) is 5.92 Å². The summed E-state index contributed by atoms with van der Waals surface area (Å²) in [6, 6.07) is 7.36. The maximum atomic E-state index is 12.1. The van der Waals surface area contributed by atoms with E-state index < -0.39 is 0 Å². The lowest BCUT2D eigenvalue weighted by Gasteiger charge is -2.30. The number of nitrogens with one attached hydrogen (secondary N) is 1. The van der Waals surface area contributed by atoms with Crippen LogP contribution in [0.2, 0.25) is 5.02 Å². The third kappa shape index (κ3) is 2.52. The normalized spacial score (nSPS) is 30.2. The largest absolute Gasteiger partial charge is 0.348 e. The quantitative estimate of drug-likeness (QED) is 0.888. The van der Waals surface area contributed by atoms with Crippen LogP contribution in [0.5, 0.6) is 0 Å². The molecule has 18 heavy (non-hydrogen) atoms. The Kier molecular flexibility index (Phi) is 3.27. The molecule has 0 spiro atoms. The van der Waals surface area contributed by atoms with Crippen LogP contribution in [0.3, 0.4) is 0 Å². The van der Waals surface area contributed by atoms with Crippen LogP contribution in [0.4, 0.5) is 0 Å². The van der Waals surface area contributed by atoms with Crippen LogP contribution in [0, 0.1) is 5.92 Å². The zero-order chi connectivity index (χ0) is 12.5. The van der Waals surface area contributed by atoms with Gasteiger partial charge >= 0.3 is 0 Å². The predicted octanol–water partition coefficient (Wildman–Crippen LogP) is 2.16. The summed E-state index contributed by atoms with van der Waals surface area (Å²) in [4.78, 5) is 14.5. The molecule has 3 rings (SSSR count). The molecule has 2 saturated heterocycles. The number of fused-ring (bicyclic) bond motifs is 2. The maximum absolute atomic E-state index is 12.1. The van der Waals surface area contributed by atoms with Gasteiger partial charge in [0.1, 0.15) is 0 Å². The third-order valence-electron chi connectivity index (χ3n) is 3.91. The van der Waals surface area contributed by atoms with Crippen LogP contribution in [0.1, 0.15) is 23.2 Å². The van der Waals surface area contributed by atoms with Gasteiger partial charge in [0.15, 0.2) is 0 Å². The Hall–Kier alpha value is -1.06. The highest BCUT2D eigenvalue weighted by atomic mass is 35.5. The molecule has 0 aliphatic carbocycles. The molecule has 3 atom stereocenters. The van der Waals surface area contributed by atoms with Gasteiger partial charge < -0.3 is 10.2 Å². The Bertz CT molecular complexity index is 434. The summed E-state index contributed by atoms with van der Waals surface area (Å²) in [6.07, 6.45) is 2.41. The van der Waals surface area contributed by atoms with Gasteiger partial charge in [0, 0.05) is 29.7 Å². The highest BCUT2D eigenvalue weighted by Gasteiger charge is 2.32. The Labute approximate surface area is 112 Å². The van der Waals surface area contributed by atoms with Gasteiger partial charge in [-0.1, -0.05) is 11.6 Å². The molecule has 2 heterocycles. The van der Waals surface area contributed by atoms with Gasteiger partial charge in [-0.3, -0.25) is 4.79 Å². The highest BCUT2D eigenvalue weighted by Crippen LogP contribution is 2.26. The summed E-state index contributed by atoms with van der Waals surface area (Å²) in [5.74, 6) is 0.786. The van der Waals surface area contributed by atoms with E-state index >= 15 is 0 Å². The lowest BCUT2D eigenvalue weighted by atomic mass is 9.96. The van der Waals surface area contributed by atoms with Crippen molar-refractivity contribution in [2.45, 2.75) is 18.9 Å². The van der Waals surface area contributed by atoms with Crippen LogP contribution in [0.15, 0.2) is 24.3 Å². The topological polar surface area (TPSA) is 32.3 Å². The van der Waals surface area contributed by atoms with E-state index in [1.807, 2.05) is 0 Å². The van der Waals surface area contributed by atoms with Crippen molar-refractivity contribution >= 4 is 17.5 Å². The Morgan fingerprint density at radius 3 is 2.78 bits per heavy atom. The zero-order valence-electron chi connectivity index (χ0n) is 10.2. The minimum absolute atomic E-state index is 0.0131. The molecule has 0 saturated carbocycles. The Morgan fingerprint density at radius 2 is 2.06 bits per heavy atom. The van der Waals surface area contributed by atoms with Gasteiger partial charge in [-0.2, -0.15) is 0 Å². The van der Waals surface area contributed by atoms with E-state index in [1.165, 1.54) is 19.5 Å². The van der Waals surface area contributed by atoms with Crippen LogP contribution in [-0.4, -0.2) is 36.5 Å². The van der Waals surface area contributed by atoms with Crippen LogP contribution in [0.25, 0.3) is 0 Å². The molecule has 4 heteroatoms. The van der Waals surface area contributed by atoms with Crippen molar-refractivity contribution in [3.63, 3.8) is 0 Å². The molecule has 96 valence electrons. The average molecular weight is 265 g/mol. The summed E-state index contributed by atoms with van der Waals surface area (Å²) >= 11 is 5.82. The second-order valence-electron chi connectivity index (χ2n) is 5.33. The minimum Gasteiger partial charge on any atom is -0.348 e. The van der Waals surface area contributed by atoms with Gasteiger partial charge in [0.2, 0.25) is 0 Å². The van der Waals surface area contributed by atoms with E-state index in [9.17, 15) is 4.79 Å². The number of piperidine rings is 1. The van der Waals surface area contributed by atoms with E-state index in [0.29, 0.717) is 16.6 Å². The van der Waals surface area contributed by atoms with Crippen LogP contribution >= 0.6 is 11.6 Å². The molecule has 2 fully saturated rings.